The van der Waals surface area contributed by atoms with E-state index in [1.165, 1.54) is 6.42 Å². The van der Waals surface area contributed by atoms with Gasteiger partial charge < -0.3 is 10.2 Å². The lowest BCUT2D eigenvalue weighted by Gasteiger charge is -2.26. The van der Waals surface area contributed by atoms with Crippen molar-refractivity contribution in [1.82, 2.24) is 5.32 Å². The van der Waals surface area contributed by atoms with Crippen LogP contribution in [0, 0.1) is 0 Å². The Balaban J connectivity index is 2.20. The quantitative estimate of drug-likeness (QED) is 0.861. The number of anilines is 1. The van der Waals surface area contributed by atoms with Crippen LogP contribution in [0.1, 0.15) is 6.42 Å². The fourth-order valence-corrected chi connectivity index (χ4v) is 2.44. The van der Waals surface area contributed by atoms with E-state index in [4.69, 9.17) is 23.2 Å². The van der Waals surface area contributed by atoms with Gasteiger partial charge in [0.15, 0.2) is 0 Å². The minimum atomic E-state index is 0.541. The van der Waals surface area contributed by atoms with Crippen LogP contribution in [0.25, 0.3) is 0 Å². The molecule has 1 atom stereocenters. The molecule has 0 bridgehead atoms. The molecule has 82 valence electrons. The van der Waals surface area contributed by atoms with E-state index >= 15 is 0 Å². The zero-order valence-corrected chi connectivity index (χ0v) is 10.1. The third kappa shape index (κ3) is 2.57. The summed E-state index contributed by atoms with van der Waals surface area (Å²) in [7, 11) is 2.08. The molecule has 0 spiro atoms. The maximum absolute atomic E-state index is 5.97. The van der Waals surface area contributed by atoms with E-state index in [1.54, 1.807) is 6.07 Å². The van der Waals surface area contributed by atoms with Crippen LogP contribution >= 0.6 is 23.2 Å². The topological polar surface area (TPSA) is 15.3 Å². The normalized spacial score (nSPS) is 20.6. The van der Waals surface area contributed by atoms with Gasteiger partial charge in [0, 0.05) is 35.4 Å². The number of hydrogen-bond acceptors (Lipinski definition) is 2. The third-order valence-electron chi connectivity index (χ3n) is 2.84. The maximum atomic E-state index is 5.97. The van der Waals surface area contributed by atoms with Crippen molar-refractivity contribution in [2.24, 2.45) is 0 Å². The molecule has 1 unspecified atom stereocenters. The van der Waals surface area contributed by atoms with Gasteiger partial charge in [-0.3, -0.25) is 0 Å². The number of rotatable bonds is 2. The van der Waals surface area contributed by atoms with Gasteiger partial charge in [0.2, 0.25) is 0 Å². The van der Waals surface area contributed by atoms with Crippen LogP contribution in [0.4, 0.5) is 5.69 Å². The molecule has 0 aliphatic carbocycles. The fraction of sp³-hybridized carbons (Fsp3) is 0.455. The predicted molar refractivity (Wildman–Crippen MR) is 66.1 cm³/mol. The van der Waals surface area contributed by atoms with E-state index in [-0.39, 0.29) is 0 Å². The molecule has 2 nitrogen and oxygen atoms in total. The maximum Gasteiger partial charge on any atom is 0.0441 e. The second-order valence-electron chi connectivity index (χ2n) is 3.89. The molecule has 15 heavy (non-hydrogen) atoms. The van der Waals surface area contributed by atoms with Gasteiger partial charge in [-0.25, -0.2) is 0 Å². The van der Waals surface area contributed by atoms with Gasteiger partial charge in [0.05, 0.1) is 0 Å². The molecule has 1 N–H and O–H groups in total. The summed E-state index contributed by atoms with van der Waals surface area (Å²) in [4.78, 5) is 2.23. The Bertz CT molecular complexity index is 328. The van der Waals surface area contributed by atoms with Crippen molar-refractivity contribution in [1.29, 1.82) is 0 Å². The Kier molecular flexibility index (Phi) is 3.39. The smallest absolute Gasteiger partial charge is 0.0441 e. The molecule has 1 saturated heterocycles. The summed E-state index contributed by atoms with van der Waals surface area (Å²) in [6.45, 7) is 2.12. The SMILES string of the molecule is CN(c1cc(Cl)cc(Cl)c1)C1CCNC1. The highest BCUT2D eigenvalue weighted by Gasteiger charge is 2.19. The van der Waals surface area contributed by atoms with Gasteiger partial charge in [-0.15, -0.1) is 0 Å². The van der Waals surface area contributed by atoms with Gasteiger partial charge in [0.1, 0.15) is 0 Å². The van der Waals surface area contributed by atoms with E-state index in [2.05, 4.69) is 17.3 Å². The first kappa shape index (κ1) is 11.1. The van der Waals surface area contributed by atoms with Gasteiger partial charge in [0.25, 0.3) is 0 Å². The van der Waals surface area contributed by atoms with Gasteiger partial charge in [-0.1, -0.05) is 23.2 Å². The van der Waals surface area contributed by atoms with Crippen LogP contribution in [0.3, 0.4) is 0 Å². The lowest BCUT2D eigenvalue weighted by atomic mass is 10.2. The minimum Gasteiger partial charge on any atom is -0.370 e. The molecule has 1 aliphatic rings. The Morgan fingerprint density at radius 1 is 1.27 bits per heavy atom. The lowest BCUT2D eigenvalue weighted by molar-refractivity contribution is 0.686. The van der Waals surface area contributed by atoms with Crippen molar-refractivity contribution in [3.8, 4) is 0 Å². The van der Waals surface area contributed by atoms with Crippen LogP contribution in [-0.2, 0) is 0 Å². The average molecular weight is 245 g/mol. The number of hydrogen-bond donors (Lipinski definition) is 1. The van der Waals surface area contributed by atoms with Crippen molar-refractivity contribution >= 4 is 28.9 Å². The fourth-order valence-electron chi connectivity index (χ4n) is 1.92. The highest BCUT2D eigenvalue weighted by molar-refractivity contribution is 6.35. The van der Waals surface area contributed by atoms with Crippen molar-refractivity contribution < 1.29 is 0 Å². The highest BCUT2D eigenvalue weighted by atomic mass is 35.5. The molecule has 0 radical (unpaired) electrons. The van der Waals surface area contributed by atoms with E-state index in [0.29, 0.717) is 16.1 Å². The molecular weight excluding hydrogens is 231 g/mol. The molecule has 0 saturated carbocycles. The summed E-state index contributed by atoms with van der Waals surface area (Å²) in [5, 5.41) is 4.72. The zero-order valence-electron chi connectivity index (χ0n) is 8.63. The molecule has 1 fully saturated rings. The summed E-state index contributed by atoms with van der Waals surface area (Å²) in [5.74, 6) is 0. The number of halogens is 2. The van der Waals surface area contributed by atoms with Crippen LogP contribution < -0.4 is 10.2 Å². The average Bonchev–Trinajstić information content (AvgIpc) is 2.67. The largest absolute Gasteiger partial charge is 0.370 e. The summed E-state index contributed by atoms with van der Waals surface area (Å²) in [6, 6.07) is 6.20. The van der Waals surface area contributed by atoms with Crippen LogP contribution in [-0.4, -0.2) is 26.2 Å². The Morgan fingerprint density at radius 3 is 2.47 bits per heavy atom. The van der Waals surface area contributed by atoms with Crippen molar-refractivity contribution in [2.45, 2.75) is 12.5 Å². The monoisotopic (exact) mass is 244 g/mol. The summed E-state index contributed by atoms with van der Waals surface area (Å²) < 4.78 is 0. The first-order valence-electron chi connectivity index (χ1n) is 5.06. The third-order valence-corrected chi connectivity index (χ3v) is 3.27. The molecular formula is C11H14Cl2N2. The molecule has 0 amide bonds. The van der Waals surface area contributed by atoms with Gasteiger partial charge in [-0.2, -0.15) is 0 Å². The first-order valence-corrected chi connectivity index (χ1v) is 5.82. The van der Waals surface area contributed by atoms with E-state index in [1.807, 2.05) is 12.1 Å². The molecule has 4 heteroatoms. The van der Waals surface area contributed by atoms with Crippen LogP contribution in [0.5, 0.6) is 0 Å². The summed E-state index contributed by atoms with van der Waals surface area (Å²) >= 11 is 11.9. The van der Waals surface area contributed by atoms with E-state index < -0.39 is 0 Å². The van der Waals surface area contributed by atoms with Gasteiger partial charge >= 0.3 is 0 Å². The number of nitrogens with zero attached hydrogens (tertiary/aromatic N) is 1. The number of benzene rings is 1. The van der Waals surface area contributed by atoms with Crippen molar-refractivity contribution in [3.63, 3.8) is 0 Å². The highest BCUT2D eigenvalue weighted by Crippen LogP contribution is 2.26. The zero-order chi connectivity index (χ0) is 10.8. The van der Waals surface area contributed by atoms with E-state index in [9.17, 15) is 0 Å². The second kappa shape index (κ2) is 4.60. The molecule has 2 rings (SSSR count). The van der Waals surface area contributed by atoms with Crippen LogP contribution in [0.15, 0.2) is 18.2 Å². The number of likely N-dealkylation sites (N-methyl/N-ethyl adjacent to an activating group) is 1. The molecule has 1 aliphatic heterocycles. The predicted octanol–water partition coefficient (Wildman–Crippen LogP) is 2.79. The molecule has 1 aromatic rings. The first-order chi connectivity index (χ1) is 7.16. The summed E-state index contributed by atoms with van der Waals surface area (Å²) in [6.07, 6.45) is 1.17. The Hall–Kier alpha value is -0.440. The molecule has 1 heterocycles. The van der Waals surface area contributed by atoms with Crippen molar-refractivity contribution in [2.75, 3.05) is 25.0 Å². The summed E-state index contributed by atoms with van der Waals surface area (Å²) in [5.41, 5.74) is 1.08. The Morgan fingerprint density at radius 2 is 1.93 bits per heavy atom. The van der Waals surface area contributed by atoms with Gasteiger partial charge in [-0.05, 0) is 31.2 Å². The Labute approximate surface area is 100 Å². The van der Waals surface area contributed by atoms with Crippen molar-refractivity contribution in [3.05, 3.63) is 28.2 Å². The van der Waals surface area contributed by atoms with Crippen LogP contribution in [0.2, 0.25) is 10.0 Å². The molecule has 1 aromatic carbocycles. The molecule has 0 aromatic heterocycles. The standard InChI is InChI=1S/C11H14Cl2N2/c1-15(10-2-3-14-7-10)11-5-8(12)4-9(13)6-11/h4-6,10,14H,2-3,7H2,1H3. The van der Waals surface area contributed by atoms with E-state index in [0.717, 1.165) is 18.8 Å². The minimum absolute atomic E-state index is 0.541. The second-order valence-corrected chi connectivity index (χ2v) is 4.76. The lowest BCUT2D eigenvalue weighted by Crippen LogP contribution is -2.33. The number of nitrogens with one attached hydrogen (secondary N) is 1.